The van der Waals surface area contributed by atoms with E-state index in [2.05, 4.69) is 33.1 Å². The van der Waals surface area contributed by atoms with Gasteiger partial charge in [-0.1, -0.05) is 35.3 Å². The van der Waals surface area contributed by atoms with Crippen molar-refractivity contribution in [1.29, 1.82) is 0 Å². The molecule has 0 aliphatic carbocycles. The molecule has 2 rings (SSSR count). The molecule has 0 unspecified atom stereocenters. The van der Waals surface area contributed by atoms with Crippen LogP contribution in [0.2, 0.25) is 10.0 Å². The normalized spacial score (nSPS) is 10.7. The van der Waals surface area contributed by atoms with E-state index in [-0.39, 0.29) is 12.5 Å². The minimum atomic E-state index is -0.382. The number of amides is 1. The fourth-order valence-electron chi connectivity index (χ4n) is 1.53. The number of nitrogens with zero attached hydrogens (tertiary/aromatic N) is 1. The summed E-state index contributed by atoms with van der Waals surface area (Å²) < 4.78 is 6.39. The van der Waals surface area contributed by atoms with Gasteiger partial charge in [-0.3, -0.25) is 4.79 Å². The lowest BCUT2D eigenvalue weighted by Crippen LogP contribution is -2.24. The Kier molecular flexibility index (Phi) is 6.48. The van der Waals surface area contributed by atoms with Crippen molar-refractivity contribution in [2.24, 2.45) is 5.10 Å². The van der Waals surface area contributed by atoms with Gasteiger partial charge >= 0.3 is 0 Å². The van der Waals surface area contributed by atoms with Crippen molar-refractivity contribution in [3.63, 3.8) is 0 Å². The summed E-state index contributed by atoms with van der Waals surface area (Å²) in [7, 11) is 0. The summed E-state index contributed by atoms with van der Waals surface area (Å²) >= 11 is 13.9. The second-order valence-corrected chi connectivity index (χ2v) is 6.30. The van der Waals surface area contributed by atoms with Gasteiger partial charge in [0.1, 0.15) is 5.75 Å². The van der Waals surface area contributed by atoms with Gasteiger partial charge in [-0.15, -0.1) is 0 Å². The number of hydrogen-bond donors (Lipinski definition) is 1. The maximum atomic E-state index is 11.6. The molecule has 2 aromatic rings. The van der Waals surface area contributed by atoms with Gasteiger partial charge in [0.2, 0.25) is 0 Å². The van der Waals surface area contributed by atoms with Gasteiger partial charge in [-0.2, -0.15) is 5.10 Å². The number of rotatable bonds is 5. The van der Waals surface area contributed by atoms with Gasteiger partial charge in [0.25, 0.3) is 5.91 Å². The average Bonchev–Trinajstić information content (AvgIpc) is 2.46. The van der Waals surface area contributed by atoms with E-state index in [9.17, 15) is 4.79 Å². The van der Waals surface area contributed by atoms with Crippen molar-refractivity contribution in [3.05, 3.63) is 61.6 Å². The van der Waals surface area contributed by atoms with E-state index in [4.69, 9.17) is 27.9 Å². The van der Waals surface area contributed by atoms with Gasteiger partial charge < -0.3 is 4.74 Å². The predicted molar refractivity (Wildman–Crippen MR) is 96.9 cm³/mol. The van der Waals surface area contributed by atoms with Gasteiger partial charge in [0, 0.05) is 8.59 Å². The van der Waals surface area contributed by atoms with Crippen molar-refractivity contribution < 1.29 is 9.53 Å². The Morgan fingerprint density at radius 2 is 2.09 bits per heavy atom. The van der Waals surface area contributed by atoms with Crippen LogP contribution in [-0.4, -0.2) is 18.7 Å². The standard InChI is InChI=1S/C15H11Cl2IN2O2/c16-11-4-5-14(13(17)7-11)22-9-15(21)20-19-8-10-2-1-3-12(18)6-10/h1-8H,9H2,(H,20,21). The molecule has 4 nitrogen and oxygen atoms in total. The molecular weight excluding hydrogens is 438 g/mol. The van der Waals surface area contributed by atoms with Gasteiger partial charge in [-0.05, 0) is 58.5 Å². The molecule has 0 atom stereocenters. The van der Waals surface area contributed by atoms with E-state index in [0.29, 0.717) is 15.8 Å². The highest BCUT2D eigenvalue weighted by molar-refractivity contribution is 14.1. The fraction of sp³-hybridized carbons (Fsp3) is 0.0667. The molecule has 1 N–H and O–H groups in total. The van der Waals surface area contributed by atoms with Crippen LogP contribution >= 0.6 is 45.8 Å². The second-order valence-electron chi connectivity index (χ2n) is 4.21. The van der Waals surface area contributed by atoms with E-state index in [1.807, 2.05) is 24.3 Å². The molecule has 0 aliphatic heterocycles. The summed E-state index contributed by atoms with van der Waals surface area (Å²) in [5.41, 5.74) is 3.28. The lowest BCUT2D eigenvalue weighted by atomic mass is 10.2. The zero-order chi connectivity index (χ0) is 15.9. The number of nitrogens with one attached hydrogen (secondary N) is 1. The van der Waals surface area contributed by atoms with Gasteiger partial charge in [0.15, 0.2) is 6.61 Å². The monoisotopic (exact) mass is 448 g/mol. The van der Waals surface area contributed by atoms with Crippen LogP contribution in [-0.2, 0) is 4.79 Å². The Morgan fingerprint density at radius 1 is 1.27 bits per heavy atom. The molecule has 0 spiro atoms. The fourth-order valence-corrected chi connectivity index (χ4v) is 2.56. The Bertz CT molecular complexity index is 708. The molecule has 0 heterocycles. The van der Waals surface area contributed by atoms with Crippen molar-refractivity contribution in [3.8, 4) is 5.75 Å². The van der Waals surface area contributed by atoms with Crippen molar-refractivity contribution in [2.45, 2.75) is 0 Å². The minimum absolute atomic E-state index is 0.189. The molecule has 0 radical (unpaired) electrons. The zero-order valence-corrected chi connectivity index (χ0v) is 14.9. The van der Waals surface area contributed by atoms with Crippen LogP contribution in [0.3, 0.4) is 0 Å². The topological polar surface area (TPSA) is 50.7 Å². The molecular formula is C15H11Cl2IN2O2. The highest BCUT2D eigenvalue weighted by atomic mass is 127. The number of carbonyl (C=O) groups is 1. The second kappa shape index (κ2) is 8.36. The third-order valence-corrected chi connectivity index (χ3v) is 3.71. The van der Waals surface area contributed by atoms with Crippen LogP contribution in [0.25, 0.3) is 0 Å². The summed E-state index contributed by atoms with van der Waals surface area (Å²) in [5.74, 6) is 0.00991. The van der Waals surface area contributed by atoms with Crippen LogP contribution in [0.1, 0.15) is 5.56 Å². The first-order valence-corrected chi connectivity index (χ1v) is 8.03. The third-order valence-electron chi connectivity index (χ3n) is 2.50. The summed E-state index contributed by atoms with van der Waals surface area (Å²) in [6.45, 7) is -0.189. The van der Waals surface area contributed by atoms with Crippen molar-refractivity contribution in [1.82, 2.24) is 5.43 Å². The molecule has 0 aromatic heterocycles. The Morgan fingerprint density at radius 3 is 2.82 bits per heavy atom. The SMILES string of the molecule is O=C(COc1ccc(Cl)cc1Cl)NN=Cc1cccc(I)c1. The van der Waals surface area contributed by atoms with Gasteiger partial charge in [0.05, 0.1) is 11.2 Å². The average molecular weight is 449 g/mol. The highest BCUT2D eigenvalue weighted by Crippen LogP contribution is 2.27. The zero-order valence-electron chi connectivity index (χ0n) is 11.2. The van der Waals surface area contributed by atoms with Crippen LogP contribution in [0, 0.1) is 3.57 Å². The first-order chi connectivity index (χ1) is 10.5. The lowest BCUT2D eigenvalue weighted by Gasteiger charge is -2.06. The summed E-state index contributed by atoms with van der Waals surface area (Å²) in [6, 6.07) is 12.5. The Balaban J connectivity index is 1.83. The maximum absolute atomic E-state index is 11.6. The molecule has 1 amide bonds. The number of hydrazone groups is 1. The Labute approximate surface area is 151 Å². The first kappa shape index (κ1) is 17.1. The van der Waals surface area contributed by atoms with Crippen LogP contribution < -0.4 is 10.2 Å². The van der Waals surface area contributed by atoms with Crippen molar-refractivity contribution >= 4 is 57.9 Å². The molecule has 22 heavy (non-hydrogen) atoms. The molecule has 2 aromatic carbocycles. The van der Waals surface area contributed by atoms with Crippen LogP contribution in [0.15, 0.2) is 47.6 Å². The largest absolute Gasteiger partial charge is 0.482 e. The maximum Gasteiger partial charge on any atom is 0.277 e. The van der Waals surface area contributed by atoms with E-state index in [1.165, 1.54) is 0 Å². The number of carbonyl (C=O) groups excluding carboxylic acids is 1. The highest BCUT2D eigenvalue weighted by Gasteiger charge is 2.05. The molecule has 0 fully saturated rings. The van der Waals surface area contributed by atoms with E-state index in [0.717, 1.165) is 9.13 Å². The van der Waals surface area contributed by atoms with Crippen LogP contribution in [0.4, 0.5) is 0 Å². The number of ether oxygens (including phenoxy) is 1. The van der Waals surface area contributed by atoms with E-state index < -0.39 is 0 Å². The first-order valence-electron chi connectivity index (χ1n) is 6.20. The number of halogens is 3. The van der Waals surface area contributed by atoms with E-state index in [1.54, 1.807) is 24.4 Å². The lowest BCUT2D eigenvalue weighted by molar-refractivity contribution is -0.123. The van der Waals surface area contributed by atoms with Crippen molar-refractivity contribution in [2.75, 3.05) is 6.61 Å². The summed E-state index contributed by atoms with van der Waals surface area (Å²) in [4.78, 5) is 11.6. The van der Waals surface area contributed by atoms with Crippen LogP contribution in [0.5, 0.6) is 5.75 Å². The number of benzene rings is 2. The van der Waals surface area contributed by atoms with Gasteiger partial charge in [-0.25, -0.2) is 5.43 Å². The molecule has 114 valence electrons. The summed E-state index contributed by atoms with van der Waals surface area (Å²) in [5, 5.41) is 4.72. The molecule has 0 aliphatic rings. The van der Waals surface area contributed by atoms with E-state index >= 15 is 0 Å². The summed E-state index contributed by atoms with van der Waals surface area (Å²) in [6.07, 6.45) is 1.56. The molecule has 0 saturated carbocycles. The molecule has 0 bridgehead atoms. The third kappa shape index (κ3) is 5.47. The molecule has 7 heteroatoms. The Hall–Kier alpha value is -1.31. The number of hydrogen-bond acceptors (Lipinski definition) is 3. The predicted octanol–water partition coefficient (Wildman–Crippen LogP) is 4.13. The minimum Gasteiger partial charge on any atom is -0.482 e. The quantitative estimate of drug-likeness (QED) is 0.424. The smallest absolute Gasteiger partial charge is 0.277 e. The molecule has 0 saturated heterocycles.